The van der Waals surface area contributed by atoms with Crippen molar-refractivity contribution in [2.45, 2.75) is 58.3 Å². The van der Waals surface area contributed by atoms with Gasteiger partial charge in [0.1, 0.15) is 5.60 Å². The fourth-order valence-corrected chi connectivity index (χ4v) is 3.74. The first-order valence-electron chi connectivity index (χ1n) is 8.50. The van der Waals surface area contributed by atoms with E-state index in [1.54, 1.807) is 4.90 Å². The van der Waals surface area contributed by atoms with Gasteiger partial charge in [0.25, 0.3) is 0 Å². The SMILES string of the molecule is C=C(C)c1cccc2c1COC1(C)CN(C(=O)OC(C)(C)C)CC21. The molecule has 130 valence electrons. The van der Waals surface area contributed by atoms with Gasteiger partial charge in [-0.15, -0.1) is 0 Å². The summed E-state index contributed by atoms with van der Waals surface area (Å²) in [5.41, 5.74) is 3.83. The van der Waals surface area contributed by atoms with Crippen molar-refractivity contribution in [1.29, 1.82) is 0 Å². The Balaban J connectivity index is 1.90. The van der Waals surface area contributed by atoms with E-state index in [9.17, 15) is 4.79 Å². The van der Waals surface area contributed by atoms with E-state index < -0.39 is 5.60 Å². The lowest BCUT2D eigenvalue weighted by Crippen LogP contribution is -2.41. The van der Waals surface area contributed by atoms with Crippen LogP contribution in [0.3, 0.4) is 0 Å². The quantitative estimate of drug-likeness (QED) is 0.769. The molecule has 4 nitrogen and oxygen atoms in total. The van der Waals surface area contributed by atoms with Gasteiger partial charge >= 0.3 is 6.09 Å². The molecule has 4 heteroatoms. The Morgan fingerprint density at radius 2 is 2.12 bits per heavy atom. The number of ether oxygens (including phenoxy) is 2. The minimum absolute atomic E-state index is 0.160. The summed E-state index contributed by atoms with van der Waals surface area (Å²) in [5.74, 6) is 0.160. The van der Waals surface area contributed by atoms with Crippen LogP contribution in [0.5, 0.6) is 0 Å². The second-order valence-corrected chi connectivity index (χ2v) is 8.17. The molecule has 2 aliphatic rings. The van der Waals surface area contributed by atoms with E-state index in [0.29, 0.717) is 19.7 Å². The number of benzene rings is 1. The Morgan fingerprint density at radius 1 is 1.42 bits per heavy atom. The molecule has 0 N–H and O–H groups in total. The zero-order valence-corrected chi connectivity index (χ0v) is 15.3. The Kier molecular flexibility index (Phi) is 3.99. The molecule has 1 amide bonds. The number of amides is 1. The largest absolute Gasteiger partial charge is 0.444 e. The van der Waals surface area contributed by atoms with E-state index in [0.717, 1.165) is 11.1 Å². The maximum atomic E-state index is 12.5. The van der Waals surface area contributed by atoms with Crippen LogP contribution in [0, 0.1) is 0 Å². The zero-order chi connectivity index (χ0) is 17.7. The van der Waals surface area contributed by atoms with E-state index in [1.165, 1.54) is 11.1 Å². The van der Waals surface area contributed by atoms with Gasteiger partial charge in [0.15, 0.2) is 0 Å². The molecule has 2 aliphatic heterocycles. The molecule has 0 radical (unpaired) electrons. The second kappa shape index (κ2) is 5.62. The van der Waals surface area contributed by atoms with Crippen LogP contribution in [-0.4, -0.2) is 35.3 Å². The van der Waals surface area contributed by atoms with E-state index in [1.807, 2.05) is 27.7 Å². The third kappa shape index (κ3) is 2.95. The average Bonchev–Trinajstić information content (AvgIpc) is 2.83. The number of fused-ring (bicyclic) bond motifs is 3. The van der Waals surface area contributed by atoms with Crippen LogP contribution in [-0.2, 0) is 16.1 Å². The Bertz CT molecular complexity index is 689. The van der Waals surface area contributed by atoms with Crippen molar-refractivity contribution in [2.75, 3.05) is 13.1 Å². The molecule has 1 fully saturated rings. The molecule has 0 spiro atoms. The smallest absolute Gasteiger partial charge is 0.410 e. The lowest BCUT2D eigenvalue weighted by atomic mass is 9.79. The van der Waals surface area contributed by atoms with Crippen LogP contribution in [0.1, 0.15) is 57.2 Å². The Hall–Kier alpha value is -1.81. The molecule has 1 aromatic carbocycles. The molecule has 0 aromatic heterocycles. The maximum Gasteiger partial charge on any atom is 0.410 e. The van der Waals surface area contributed by atoms with Crippen LogP contribution in [0.2, 0.25) is 0 Å². The van der Waals surface area contributed by atoms with Crippen LogP contribution in [0.4, 0.5) is 4.79 Å². The minimum atomic E-state index is -0.488. The summed E-state index contributed by atoms with van der Waals surface area (Å²) in [6.45, 7) is 15.6. The maximum absolute atomic E-state index is 12.5. The molecule has 2 atom stereocenters. The molecule has 1 saturated heterocycles. The highest BCUT2D eigenvalue weighted by molar-refractivity contribution is 5.70. The number of rotatable bonds is 1. The van der Waals surface area contributed by atoms with Gasteiger partial charge in [-0.05, 0) is 51.3 Å². The van der Waals surface area contributed by atoms with E-state index in [-0.39, 0.29) is 17.6 Å². The number of likely N-dealkylation sites (tertiary alicyclic amines) is 1. The van der Waals surface area contributed by atoms with Crippen LogP contribution < -0.4 is 0 Å². The van der Waals surface area contributed by atoms with Crippen molar-refractivity contribution in [3.8, 4) is 0 Å². The first-order valence-corrected chi connectivity index (χ1v) is 8.50. The molecular formula is C20H27NO3. The molecule has 1 aromatic rings. The van der Waals surface area contributed by atoms with Gasteiger partial charge in [-0.3, -0.25) is 0 Å². The van der Waals surface area contributed by atoms with Gasteiger partial charge in [0, 0.05) is 12.5 Å². The fourth-order valence-electron chi connectivity index (χ4n) is 3.74. The van der Waals surface area contributed by atoms with Crippen molar-refractivity contribution in [3.05, 3.63) is 41.5 Å². The molecular weight excluding hydrogens is 302 g/mol. The summed E-state index contributed by atoms with van der Waals surface area (Å²) in [4.78, 5) is 14.2. The number of allylic oxidation sites excluding steroid dienone is 1. The normalized spacial score (nSPS) is 25.9. The molecule has 0 aliphatic carbocycles. The predicted octanol–water partition coefficient (Wildman–Crippen LogP) is 4.34. The minimum Gasteiger partial charge on any atom is -0.444 e. The standard InChI is InChI=1S/C20H27NO3/c1-13(2)14-8-7-9-15-16(14)11-23-20(6)12-21(10-17(15)20)18(22)24-19(3,4)5/h7-9,17H,1,10-12H2,2-6H3. The molecule has 2 unspecified atom stereocenters. The van der Waals surface area contributed by atoms with Crippen molar-refractivity contribution in [1.82, 2.24) is 4.90 Å². The molecule has 0 bridgehead atoms. The van der Waals surface area contributed by atoms with Crippen LogP contribution in [0.25, 0.3) is 5.57 Å². The first kappa shape index (κ1) is 17.0. The summed E-state index contributed by atoms with van der Waals surface area (Å²) in [7, 11) is 0. The average molecular weight is 329 g/mol. The highest BCUT2D eigenvalue weighted by atomic mass is 16.6. The second-order valence-electron chi connectivity index (χ2n) is 8.17. The highest BCUT2D eigenvalue weighted by Crippen LogP contribution is 2.45. The predicted molar refractivity (Wildman–Crippen MR) is 94.9 cm³/mol. The molecule has 3 rings (SSSR count). The number of hydrogen-bond acceptors (Lipinski definition) is 3. The van der Waals surface area contributed by atoms with Gasteiger partial charge < -0.3 is 14.4 Å². The van der Waals surface area contributed by atoms with Crippen LogP contribution in [0.15, 0.2) is 24.8 Å². The first-order chi connectivity index (χ1) is 11.1. The summed E-state index contributed by atoms with van der Waals surface area (Å²) < 4.78 is 11.8. The third-order valence-corrected chi connectivity index (χ3v) is 4.89. The fraction of sp³-hybridized carbons (Fsp3) is 0.550. The summed E-state index contributed by atoms with van der Waals surface area (Å²) in [5, 5.41) is 0. The number of nitrogens with zero attached hydrogens (tertiary/aromatic N) is 1. The van der Waals surface area contributed by atoms with E-state index >= 15 is 0 Å². The third-order valence-electron chi connectivity index (χ3n) is 4.89. The number of carbonyl (C=O) groups is 1. The summed E-state index contributed by atoms with van der Waals surface area (Å²) >= 11 is 0. The van der Waals surface area contributed by atoms with E-state index in [4.69, 9.17) is 9.47 Å². The van der Waals surface area contributed by atoms with Crippen molar-refractivity contribution < 1.29 is 14.3 Å². The van der Waals surface area contributed by atoms with Gasteiger partial charge in [0.05, 0.1) is 18.8 Å². The van der Waals surface area contributed by atoms with Gasteiger partial charge in [-0.1, -0.05) is 30.4 Å². The van der Waals surface area contributed by atoms with Gasteiger partial charge in [-0.25, -0.2) is 4.79 Å². The highest BCUT2D eigenvalue weighted by Gasteiger charge is 2.50. The van der Waals surface area contributed by atoms with Crippen molar-refractivity contribution in [2.24, 2.45) is 0 Å². The van der Waals surface area contributed by atoms with Crippen LogP contribution >= 0.6 is 0 Å². The molecule has 24 heavy (non-hydrogen) atoms. The van der Waals surface area contributed by atoms with E-state index in [2.05, 4.69) is 31.7 Å². The molecule has 2 heterocycles. The van der Waals surface area contributed by atoms with Crippen molar-refractivity contribution >= 4 is 11.7 Å². The topological polar surface area (TPSA) is 38.8 Å². The summed E-state index contributed by atoms with van der Waals surface area (Å²) in [6.07, 6.45) is -0.265. The summed E-state index contributed by atoms with van der Waals surface area (Å²) in [6, 6.07) is 6.32. The number of carbonyl (C=O) groups excluding carboxylic acids is 1. The lowest BCUT2D eigenvalue weighted by Gasteiger charge is -2.37. The zero-order valence-electron chi connectivity index (χ0n) is 15.3. The van der Waals surface area contributed by atoms with Gasteiger partial charge in [-0.2, -0.15) is 0 Å². The molecule has 0 saturated carbocycles. The van der Waals surface area contributed by atoms with Gasteiger partial charge in [0.2, 0.25) is 0 Å². The lowest BCUT2D eigenvalue weighted by molar-refractivity contribution is -0.0576. The number of hydrogen-bond donors (Lipinski definition) is 0. The Labute approximate surface area is 144 Å². The monoisotopic (exact) mass is 329 g/mol. The Morgan fingerprint density at radius 3 is 2.75 bits per heavy atom. The van der Waals surface area contributed by atoms with Crippen molar-refractivity contribution in [3.63, 3.8) is 0 Å².